The first-order chi connectivity index (χ1) is 13.3. The number of rotatable bonds is 6. The summed E-state index contributed by atoms with van der Waals surface area (Å²) in [6, 6.07) is 7.42. The van der Waals surface area contributed by atoms with Gasteiger partial charge < -0.3 is 10.6 Å². The lowest BCUT2D eigenvalue weighted by atomic mass is 9.75. The monoisotopic (exact) mass is 385 g/mol. The van der Waals surface area contributed by atoms with Crippen molar-refractivity contribution in [3.8, 4) is 0 Å². The molecule has 2 fully saturated rings. The Morgan fingerprint density at radius 3 is 2.46 bits per heavy atom. The number of hydrogen-bond acceptors (Lipinski definition) is 3. The van der Waals surface area contributed by atoms with Gasteiger partial charge in [0.2, 0.25) is 5.91 Å². The first kappa shape index (κ1) is 20.4. The second kappa shape index (κ2) is 8.33. The van der Waals surface area contributed by atoms with E-state index in [1.54, 1.807) is 0 Å². The predicted octanol–water partition coefficient (Wildman–Crippen LogP) is 3.45. The van der Waals surface area contributed by atoms with E-state index in [1.165, 1.54) is 6.42 Å². The van der Waals surface area contributed by atoms with Crippen molar-refractivity contribution in [2.45, 2.75) is 70.9 Å². The molecule has 0 bridgehead atoms. The average molecular weight is 386 g/mol. The lowest BCUT2D eigenvalue weighted by Crippen LogP contribution is -2.51. The second-order valence-electron chi connectivity index (χ2n) is 8.30. The molecule has 0 spiro atoms. The zero-order chi connectivity index (χ0) is 20.3. The summed E-state index contributed by atoms with van der Waals surface area (Å²) in [7, 11) is 0. The Hall–Kier alpha value is -2.37. The first-order valence-electron chi connectivity index (χ1n) is 10.3. The van der Waals surface area contributed by atoms with Crippen LogP contribution in [0.4, 0.5) is 4.79 Å². The van der Waals surface area contributed by atoms with Crippen LogP contribution in [0.25, 0.3) is 0 Å². The molecule has 2 atom stereocenters. The van der Waals surface area contributed by atoms with E-state index in [2.05, 4.69) is 10.6 Å². The number of nitrogens with one attached hydrogen (secondary N) is 2. The molecule has 1 heterocycles. The Balaban J connectivity index is 1.65. The van der Waals surface area contributed by atoms with Crippen LogP contribution in [0, 0.1) is 12.8 Å². The maximum Gasteiger partial charge on any atom is 0.325 e. The second-order valence-corrected chi connectivity index (χ2v) is 8.30. The highest BCUT2D eigenvalue weighted by molar-refractivity contribution is 6.09. The van der Waals surface area contributed by atoms with Gasteiger partial charge >= 0.3 is 6.03 Å². The van der Waals surface area contributed by atoms with Gasteiger partial charge in [-0.05, 0) is 44.6 Å². The van der Waals surface area contributed by atoms with Crippen LogP contribution in [0.15, 0.2) is 24.3 Å². The smallest absolute Gasteiger partial charge is 0.325 e. The van der Waals surface area contributed by atoms with Crippen LogP contribution in [0.5, 0.6) is 0 Å². The molecule has 152 valence electrons. The minimum absolute atomic E-state index is 0.140. The van der Waals surface area contributed by atoms with Crippen LogP contribution in [0.2, 0.25) is 0 Å². The molecule has 3 rings (SSSR count). The van der Waals surface area contributed by atoms with Gasteiger partial charge in [-0.3, -0.25) is 14.5 Å². The van der Waals surface area contributed by atoms with Gasteiger partial charge in [-0.15, -0.1) is 0 Å². The zero-order valence-corrected chi connectivity index (χ0v) is 17.1. The molecule has 1 aliphatic carbocycles. The van der Waals surface area contributed by atoms with E-state index in [9.17, 15) is 14.4 Å². The molecule has 1 aromatic carbocycles. The van der Waals surface area contributed by atoms with Crippen molar-refractivity contribution in [1.29, 1.82) is 0 Å². The third-order valence-electron chi connectivity index (χ3n) is 6.25. The number of benzene rings is 1. The quantitative estimate of drug-likeness (QED) is 0.736. The van der Waals surface area contributed by atoms with E-state index in [4.69, 9.17) is 0 Å². The maximum absolute atomic E-state index is 13.0. The van der Waals surface area contributed by atoms with Crippen molar-refractivity contribution < 1.29 is 14.4 Å². The standard InChI is InChI=1S/C22H31N3O3/c1-4-18(16-12-10-15(2)11-13-16)23-19(26)14-25-20(27)22(3,24-21(25)28)17-8-6-5-7-9-17/h10-13,17-18H,4-9,14H2,1-3H3,(H,23,26)(H,24,28)/t18-,22-/m0/s1. The molecule has 1 aromatic rings. The third kappa shape index (κ3) is 4.05. The first-order valence-corrected chi connectivity index (χ1v) is 10.3. The Labute approximate surface area is 167 Å². The minimum Gasteiger partial charge on any atom is -0.348 e. The number of amides is 4. The van der Waals surface area contributed by atoms with Gasteiger partial charge in [-0.2, -0.15) is 0 Å². The molecule has 0 unspecified atom stereocenters. The summed E-state index contributed by atoms with van der Waals surface area (Å²) in [5.41, 5.74) is 1.29. The lowest BCUT2D eigenvalue weighted by Gasteiger charge is -2.34. The van der Waals surface area contributed by atoms with Gasteiger partial charge in [0.15, 0.2) is 0 Å². The number of imide groups is 1. The van der Waals surface area contributed by atoms with Crippen LogP contribution >= 0.6 is 0 Å². The normalized spacial score (nSPS) is 24.2. The Kier molecular flexibility index (Phi) is 6.06. The SMILES string of the molecule is CC[C@H](NC(=O)CN1C(=O)N[C@@](C)(C2CCCCC2)C1=O)c1ccc(C)cc1. The van der Waals surface area contributed by atoms with E-state index in [1.807, 2.05) is 45.0 Å². The van der Waals surface area contributed by atoms with Crippen molar-refractivity contribution in [1.82, 2.24) is 15.5 Å². The zero-order valence-electron chi connectivity index (χ0n) is 17.1. The summed E-state index contributed by atoms with van der Waals surface area (Å²) in [4.78, 5) is 39.1. The summed E-state index contributed by atoms with van der Waals surface area (Å²) < 4.78 is 0. The third-order valence-corrected chi connectivity index (χ3v) is 6.25. The van der Waals surface area contributed by atoms with Gasteiger partial charge in [0, 0.05) is 0 Å². The van der Waals surface area contributed by atoms with Crippen LogP contribution in [0.3, 0.4) is 0 Å². The highest BCUT2D eigenvalue weighted by Crippen LogP contribution is 2.36. The number of carbonyl (C=O) groups is 3. The fourth-order valence-electron chi connectivity index (χ4n) is 4.42. The molecule has 0 aromatic heterocycles. The molecule has 0 radical (unpaired) electrons. The molecule has 1 saturated heterocycles. The Bertz CT molecular complexity index is 740. The van der Waals surface area contributed by atoms with Gasteiger partial charge in [-0.1, -0.05) is 56.0 Å². The largest absolute Gasteiger partial charge is 0.348 e. The summed E-state index contributed by atoms with van der Waals surface area (Å²) in [5, 5.41) is 5.83. The number of carbonyl (C=O) groups excluding carboxylic acids is 3. The van der Waals surface area contributed by atoms with E-state index < -0.39 is 11.6 Å². The van der Waals surface area contributed by atoms with E-state index in [-0.39, 0.29) is 30.3 Å². The van der Waals surface area contributed by atoms with Crippen molar-refractivity contribution in [2.24, 2.45) is 5.92 Å². The molecular formula is C22H31N3O3. The van der Waals surface area contributed by atoms with Crippen molar-refractivity contribution in [3.63, 3.8) is 0 Å². The van der Waals surface area contributed by atoms with E-state index >= 15 is 0 Å². The summed E-state index contributed by atoms with van der Waals surface area (Å²) in [6.07, 6.45) is 5.95. The lowest BCUT2D eigenvalue weighted by molar-refractivity contribution is -0.136. The van der Waals surface area contributed by atoms with E-state index in [0.29, 0.717) is 0 Å². The molecule has 1 aliphatic heterocycles. The molecule has 1 saturated carbocycles. The molecule has 6 nitrogen and oxygen atoms in total. The summed E-state index contributed by atoms with van der Waals surface area (Å²) in [6.45, 7) is 5.58. The van der Waals surface area contributed by atoms with Crippen molar-refractivity contribution in [2.75, 3.05) is 6.54 Å². The van der Waals surface area contributed by atoms with Gasteiger partial charge in [0.1, 0.15) is 12.1 Å². The highest BCUT2D eigenvalue weighted by atomic mass is 16.2. The highest BCUT2D eigenvalue weighted by Gasteiger charge is 2.52. The van der Waals surface area contributed by atoms with Crippen LogP contribution < -0.4 is 10.6 Å². The Morgan fingerprint density at radius 1 is 1.21 bits per heavy atom. The number of urea groups is 1. The van der Waals surface area contributed by atoms with Crippen LogP contribution in [-0.4, -0.2) is 34.8 Å². The molecule has 4 amide bonds. The van der Waals surface area contributed by atoms with Crippen LogP contribution in [-0.2, 0) is 9.59 Å². The number of nitrogens with zero attached hydrogens (tertiary/aromatic N) is 1. The average Bonchev–Trinajstić information content (AvgIpc) is 2.91. The molecule has 2 N–H and O–H groups in total. The number of aryl methyl sites for hydroxylation is 1. The minimum atomic E-state index is -0.890. The fourth-order valence-corrected chi connectivity index (χ4v) is 4.42. The molecular weight excluding hydrogens is 354 g/mol. The van der Waals surface area contributed by atoms with Gasteiger partial charge in [0.05, 0.1) is 6.04 Å². The maximum atomic E-state index is 13.0. The van der Waals surface area contributed by atoms with Crippen LogP contribution in [0.1, 0.15) is 69.5 Å². The topological polar surface area (TPSA) is 78.5 Å². The molecule has 28 heavy (non-hydrogen) atoms. The predicted molar refractivity (Wildman–Crippen MR) is 108 cm³/mol. The van der Waals surface area contributed by atoms with Gasteiger partial charge in [-0.25, -0.2) is 4.79 Å². The van der Waals surface area contributed by atoms with E-state index in [0.717, 1.165) is 48.1 Å². The van der Waals surface area contributed by atoms with Gasteiger partial charge in [0.25, 0.3) is 5.91 Å². The fraction of sp³-hybridized carbons (Fsp3) is 0.591. The number of hydrogen-bond donors (Lipinski definition) is 2. The molecule has 2 aliphatic rings. The Morgan fingerprint density at radius 2 is 1.86 bits per heavy atom. The van der Waals surface area contributed by atoms with Crippen molar-refractivity contribution >= 4 is 17.8 Å². The van der Waals surface area contributed by atoms with Crippen molar-refractivity contribution in [3.05, 3.63) is 35.4 Å². The molecule has 6 heteroatoms. The summed E-state index contributed by atoms with van der Waals surface area (Å²) in [5.74, 6) is -0.450. The summed E-state index contributed by atoms with van der Waals surface area (Å²) >= 11 is 0.